The lowest BCUT2D eigenvalue weighted by Crippen LogP contribution is -2.33. The number of nitrogens with one attached hydrogen (secondary N) is 3. The monoisotopic (exact) mass is 436 g/mol. The number of carbonyl (C=O) groups excluding carboxylic acids is 2. The molecule has 0 bridgehead atoms. The second-order valence-electron chi connectivity index (χ2n) is 7.71. The number of rotatable bonds is 8. The zero-order valence-electron chi connectivity index (χ0n) is 17.7. The summed E-state index contributed by atoms with van der Waals surface area (Å²) in [4.78, 5) is 27.7. The molecule has 1 aliphatic rings. The van der Waals surface area contributed by atoms with E-state index in [-0.39, 0.29) is 19.0 Å². The molecular formula is C24H25FN4O3. The van der Waals surface area contributed by atoms with Gasteiger partial charge in [0.15, 0.2) is 0 Å². The van der Waals surface area contributed by atoms with Gasteiger partial charge in [0.1, 0.15) is 11.9 Å². The molecule has 32 heavy (non-hydrogen) atoms. The molecule has 0 aliphatic carbocycles. The molecule has 0 radical (unpaired) electrons. The summed E-state index contributed by atoms with van der Waals surface area (Å²) >= 11 is 0. The predicted molar refractivity (Wildman–Crippen MR) is 119 cm³/mol. The molecule has 1 atom stereocenters. The minimum Gasteiger partial charge on any atom is -0.442 e. The molecule has 0 saturated carbocycles. The van der Waals surface area contributed by atoms with Crippen molar-refractivity contribution in [2.45, 2.75) is 26.1 Å². The number of halogens is 1. The first kappa shape index (κ1) is 21.6. The van der Waals surface area contributed by atoms with Crippen molar-refractivity contribution in [1.82, 2.24) is 15.6 Å². The van der Waals surface area contributed by atoms with Gasteiger partial charge in [0.25, 0.3) is 0 Å². The van der Waals surface area contributed by atoms with Crippen molar-refractivity contribution >= 4 is 17.7 Å². The summed E-state index contributed by atoms with van der Waals surface area (Å²) in [6.45, 7) is 3.33. The van der Waals surface area contributed by atoms with Crippen LogP contribution in [-0.2, 0) is 22.6 Å². The largest absolute Gasteiger partial charge is 0.442 e. The van der Waals surface area contributed by atoms with Gasteiger partial charge in [-0.25, -0.2) is 9.18 Å². The average Bonchev–Trinajstić information content (AvgIpc) is 3.42. The first-order valence-corrected chi connectivity index (χ1v) is 10.4. The fourth-order valence-corrected chi connectivity index (χ4v) is 3.62. The van der Waals surface area contributed by atoms with E-state index in [0.29, 0.717) is 17.8 Å². The Morgan fingerprint density at radius 2 is 2.00 bits per heavy atom. The molecule has 1 aromatic heterocycles. The van der Waals surface area contributed by atoms with Gasteiger partial charge in [0, 0.05) is 37.5 Å². The lowest BCUT2D eigenvalue weighted by molar-refractivity contribution is -0.119. The highest BCUT2D eigenvalue weighted by atomic mass is 19.1. The van der Waals surface area contributed by atoms with Crippen LogP contribution in [0.2, 0.25) is 0 Å². The van der Waals surface area contributed by atoms with Crippen LogP contribution in [0.4, 0.5) is 14.9 Å². The molecule has 1 saturated heterocycles. The number of H-pyrrole nitrogens is 1. The fourth-order valence-electron chi connectivity index (χ4n) is 3.62. The van der Waals surface area contributed by atoms with Crippen LogP contribution in [-0.4, -0.2) is 36.2 Å². The number of amides is 2. The molecule has 2 amide bonds. The maximum atomic E-state index is 14.9. The van der Waals surface area contributed by atoms with Crippen molar-refractivity contribution in [3.8, 4) is 11.1 Å². The number of cyclic esters (lactones) is 1. The van der Waals surface area contributed by atoms with E-state index >= 15 is 0 Å². The minimum absolute atomic E-state index is 0.197. The summed E-state index contributed by atoms with van der Waals surface area (Å²) in [5.41, 5.74) is 3.86. The number of anilines is 1. The molecule has 3 aromatic rings. The Balaban J connectivity index is 1.38. The van der Waals surface area contributed by atoms with Crippen LogP contribution in [0.15, 0.2) is 60.8 Å². The second-order valence-corrected chi connectivity index (χ2v) is 7.71. The third-order valence-electron chi connectivity index (χ3n) is 5.29. The Kier molecular flexibility index (Phi) is 6.51. The topological polar surface area (TPSA) is 86.5 Å². The van der Waals surface area contributed by atoms with Crippen LogP contribution in [0.3, 0.4) is 0 Å². The molecule has 1 fully saturated rings. The van der Waals surface area contributed by atoms with Gasteiger partial charge in [-0.3, -0.25) is 9.69 Å². The van der Waals surface area contributed by atoms with E-state index in [1.807, 2.05) is 42.6 Å². The molecule has 1 aliphatic heterocycles. The van der Waals surface area contributed by atoms with Crippen LogP contribution < -0.4 is 15.5 Å². The maximum Gasteiger partial charge on any atom is 0.414 e. The van der Waals surface area contributed by atoms with E-state index in [0.717, 1.165) is 23.4 Å². The summed E-state index contributed by atoms with van der Waals surface area (Å²) in [5.74, 6) is -0.615. The number of carbonyl (C=O) groups is 2. The number of benzene rings is 2. The van der Waals surface area contributed by atoms with E-state index in [9.17, 15) is 14.0 Å². The van der Waals surface area contributed by atoms with Gasteiger partial charge in [-0.1, -0.05) is 24.3 Å². The molecule has 7 nitrogen and oxygen atoms in total. The van der Waals surface area contributed by atoms with Crippen molar-refractivity contribution in [1.29, 1.82) is 0 Å². The number of ether oxygens (including phenoxy) is 1. The van der Waals surface area contributed by atoms with Crippen molar-refractivity contribution in [2.75, 3.05) is 18.0 Å². The number of aromatic nitrogens is 1. The van der Waals surface area contributed by atoms with E-state index in [1.165, 1.54) is 17.9 Å². The molecule has 0 unspecified atom stereocenters. The van der Waals surface area contributed by atoms with Crippen molar-refractivity contribution in [2.24, 2.45) is 0 Å². The Labute approximate surface area is 185 Å². The quantitative estimate of drug-likeness (QED) is 0.504. The van der Waals surface area contributed by atoms with Gasteiger partial charge >= 0.3 is 6.09 Å². The molecule has 2 heterocycles. The Morgan fingerprint density at radius 1 is 1.19 bits per heavy atom. The number of aromatic amines is 1. The van der Waals surface area contributed by atoms with Crippen LogP contribution >= 0.6 is 0 Å². The van der Waals surface area contributed by atoms with E-state index in [2.05, 4.69) is 15.6 Å². The van der Waals surface area contributed by atoms with Gasteiger partial charge in [-0.2, -0.15) is 0 Å². The summed E-state index contributed by atoms with van der Waals surface area (Å²) in [7, 11) is 0. The van der Waals surface area contributed by atoms with Crippen molar-refractivity contribution in [3.05, 3.63) is 77.9 Å². The van der Waals surface area contributed by atoms with E-state index in [4.69, 9.17) is 4.74 Å². The highest BCUT2D eigenvalue weighted by Gasteiger charge is 2.32. The molecule has 2 aromatic carbocycles. The fraction of sp³-hybridized carbons (Fsp3) is 0.250. The van der Waals surface area contributed by atoms with Crippen LogP contribution in [0.25, 0.3) is 11.1 Å². The third kappa shape index (κ3) is 5.15. The predicted octanol–water partition coefficient (Wildman–Crippen LogP) is 3.57. The van der Waals surface area contributed by atoms with Gasteiger partial charge < -0.3 is 20.4 Å². The highest BCUT2D eigenvalue weighted by molar-refractivity contribution is 5.90. The summed E-state index contributed by atoms with van der Waals surface area (Å²) in [6.07, 6.45) is 0.874. The SMILES string of the molecule is CC(=O)NC[C@H]1CN(c2ccc(-c3ccc(CNCc4ccc[nH]4)cc3)c(F)c2)C(=O)O1. The zero-order valence-corrected chi connectivity index (χ0v) is 17.7. The van der Waals surface area contributed by atoms with Crippen molar-refractivity contribution in [3.63, 3.8) is 0 Å². The minimum atomic E-state index is -0.552. The summed E-state index contributed by atoms with van der Waals surface area (Å²) in [5, 5.41) is 5.98. The van der Waals surface area contributed by atoms with E-state index < -0.39 is 18.0 Å². The number of nitrogens with zero attached hydrogens (tertiary/aromatic N) is 1. The Hall–Kier alpha value is -3.65. The molecule has 4 rings (SSSR count). The van der Waals surface area contributed by atoms with E-state index in [1.54, 1.807) is 12.1 Å². The first-order valence-electron chi connectivity index (χ1n) is 10.4. The molecule has 8 heteroatoms. The maximum absolute atomic E-state index is 14.9. The first-order chi connectivity index (χ1) is 15.5. The van der Waals surface area contributed by atoms with Gasteiger partial charge in [-0.05, 0) is 41.5 Å². The zero-order chi connectivity index (χ0) is 22.5. The third-order valence-corrected chi connectivity index (χ3v) is 5.29. The van der Waals surface area contributed by atoms with Gasteiger partial charge in [0.2, 0.25) is 5.91 Å². The molecule has 166 valence electrons. The Bertz CT molecular complexity index is 1080. The standard InChI is InChI=1S/C24H25FN4O3/c1-16(30)28-14-21-15-29(24(31)32-21)20-8-9-22(23(25)11-20)18-6-4-17(5-7-18)12-26-13-19-3-2-10-27-19/h2-11,21,26-27H,12-15H2,1H3,(H,28,30)/t21-/m0/s1. The highest BCUT2D eigenvalue weighted by Crippen LogP contribution is 2.29. The molecular weight excluding hydrogens is 411 g/mol. The van der Waals surface area contributed by atoms with Gasteiger partial charge in [0.05, 0.1) is 18.8 Å². The lowest BCUT2D eigenvalue weighted by atomic mass is 10.0. The molecule has 3 N–H and O–H groups in total. The number of hydrogen-bond donors (Lipinski definition) is 3. The van der Waals surface area contributed by atoms with Crippen molar-refractivity contribution < 1.29 is 18.7 Å². The normalized spacial score (nSPS) is 15.6. The lowest BCUT2D eigenvalue weighted by Gasteiger charge is -2.15. The van der Waals surface area contributed by atoms with Crippen LogP contribution in [0.1, 0.15) is 18.2 Å². The number of hydrogen-bond acceptors (Lipinski definition) is 4. The smallest absolute Gasteiger partial charge is 0.414 e. The summed E-state index contributed by atoms with van der Waals surface area (Å²) < 4.78 is 20.1. The van der Waals surface area contributed by atoms with Crippen LogP contribution in [0, 0.1) is 5.82 Å². The molecule has 0 spiro atoms. The van der Waals surface area contributed by atoms with Crippen LogP contribution in [0.5, 0.6) is 0 Å². The Morgan fingerprint density at radius 3 is 2.69 bits per heavy atom. The summed E-state index contributed by atoms with van der Waals surface area (Å²) in [6, 6.07) is 16.4. The second kappa shape index (κ2) is 9.65. The van der Waals surface area contributed by atoms with Gasteiger partial charge in [-0.15, -0.1) is 0 Å². The average molecular weight is 436 g/mol.